The minimum atomic E-state index is 0.950. The number of methoxy groups -OCH3 is 1. The average Bonchev–Trinajstić information content (AvgIpc) is 2.70. The molecule has 0 atom stereocenters. The molecule has 1 aliphatic heterocycles. The monoisotopic (exact) mass is 175 g/mol. The van der Waals surface area contributed by atoms with Crippen molar-refractivity contribution in [3.8, 4) is 5.75 Å². The predicted octanol–water partition coefficient (Wildman–Crippen LogP) is 2.07. The molecule has 2 heteroatoms. The number of rotatable bonds is 2. The molecule has 13 heavy (non-hydrogen) atoms. The van der Waals surface area contributed by atoms with E-state index < -0.39 is 0 Å². The van der Waals surface area contributed by atoms with Gasteiger partial charge in [0.1, 0.15) is 5.75 Å². The van der Waals surface area contributed by atoms with Crippen LogP contribution in [0, 0.1) is 0 Å². The third-order valence-electron chi connectivity index (χ3n) is 2.24. The van der Waals surface area contributed by atoms with Crippen molar-refractivity contribution in [1.29, 1.82) is 0 Å². The van der Waals surface area contributed by atoms with E-state index in [1.807, 2.05) is 18.2 Å². The third kappa shape index (κ3) is 1.52. The highest BCUT2D eigenvalue weighted by Crippen LogP contribution is 2.28. The lowest BCUT2D eigenvalue weighted by Gasteiger charge is -2.20. The smallest absolute Gasteiger partial charge is 0.142 e. The minimum absolute atomic E-state index is 0.950. The molecule has 68 valence electrons. The Morgan fingerprint density at radius 1 is 1.15 bits per heavy atom. The van der Waals surface area contributed by atoms with E-state index in [1.54, 1.807) is 7.11 Å². The molecule has 0 saturated heterocycles. The molecular formula is C11H13NO. The summed E-state index contributed by atoms with van der Waals surface area (Å²) in [6.07, 6.45) is 4.35. The lowest BCUT2D eigenvalue weighted by atomic mass is 10.2. The summed E-state index contributed by atoms with van der Waals surface area (Å²) >= 11 is 0. The highest BCUT2D eigenvalue weighted by Gasteiger charge is 2.11. The Bertz CT molecular complexity index is 312. The third-order valence-corrected chi connectivity index (χ3v) is 2.24. The number of benzene rings is 1. The summed E-state index contributed by atoms with van der Waals surface area (Å²) in [7, 11) is 1.71. The van der Waals surface area contributed by atoms with E-state index in [-0.39, 0.29) is 0 Å². The second-order valence-corrected chi connectivity index (χ2v) is 3.05. The van der Waals surface area contributed by atoms with Crippen molar-refractivity contribution in [2.45, 2.75) is 0 Å². The molecule has 0 unspecified atom stereocenters. The molecule has 0 N–H and O–H groups in total. The van der Waals surface area contributed by atoms with Crippen LogP contribution in [0.2, 0.25) is 0 Å². The summed E-state index contributed by atoms with van der Waals surface area (Å²) in [6.45, 7) is 1.97. The van der Waals surface area contributed by atoms with Gasteiger partial charge < -0.3 is 9.64 Å². The average molecular weight is 175 g/mol. The minimum Gasteiger partial charge on any atom is -0.495 e. The zero-order valence-electron chi connectivity index (χ0n) is 7.73. The van der Waals surface area contributed by atoms with Crippen LogP contribution in [0.15, 0.2) is 36.4 Å². The molecule has 1 heterocycles. The van der Waals surface area contributed by atoms with Gasteiger partial charge in [0.2, 0.25) is 0 Å². The van der Waals surface area contributed by atoms with Crippen LogP contribution >= 0.6 is 0 Å². The maximum Gasteiger partial charge on any atom is 0.142 e. The summed E-state index contributed by atoms with van der Waals surface area (Å²) in [4.78, 5) is 2.28. The van der Waals surface area contributed by atoms with E-state index in [9.17, 15) is 0 Å². The van der Waals surface area contributed by atoms with Crippen molar-refractivity contribution in [1.82, 2.24) is 0 Å². The van der Waals surface area contributed by atoms with Gasteiger partial charge in [-0.15, -0.1) is 0 Å². The summed E-state index contributed by atoms with van der Waals surface area (Å²) in [5, 5.41) is 0. The molecular weight excluding hydrogens is 162 g/mol. The Labute approximate surface area is 78.4 Å². The fraction of sp³-hybridized carbons (Fsp3) is 0.273. The Hall–Kier alpha value is -1.44. The van der Waals surface area contributed by atoms with Crippen molar-refractivity contribution in [3.63, 3.8) is 0 Å². The van der Waals surface area contributed by atoms with Gasteiger partial charge in [-0.1, -0.05) is 24.3 Å². The van der Waals surface area contributed by atoms with Crippen LogP contribution < -0.4 is 9.64 Å². The first-order chi connectivity index (χ1) is 6.42. The van der Waals surface area contributed by atoms with E-state index in [0.717, 1.165) is 18.8 Å². The summed E-state index contributed by atoms with van der Waals surface area (Å²) in [5.74, 6) is 0.950. The van der Waals surface area contributed by atoms with Gasteiger partial charge in [0.25, 0.3) is 0 Å². The van der Waals surface area contributed by atoms with Crippen molar-refractivity contribution < 1.29 is 4.74 Å². The molecule has 0 spiro atoms. The standard InChI is InChI=1S/C11H13NO/c1-13-11-7-3-2-6-10(11)12-8-4-5-9-12/h2-7H,8-9H2,1H3. The molecule has 0 bridgehead atoms. The number of nitrogens with zero attached hydrogens (tertiary/aromatic N) is 1. The molecule has 0 aliphatic carbocycles. The Balaban J connectivity index is 2.27. The van der Waals surface area contributed by atoms with Gasteiger partial charge in [-0.25, -0.2) is 0 Å². The van der Waals surface area contributed by atoms with E-state index >= 15 is 0 Å². The van der Waals surface area contributed by atoms with E-state index in [0.29, 0.717) is 0 Å². The number of hydrogen-bond donors (Lipinski definition) is 0. The van der Waals surface area contributed by atoms with Gasteiger partial charge in [-0.2, -0.15) is 0 Å². The van der Waals surface area contributed by atoms with Crippen LogP contribution in [0.1, 0.15) is 0 Å². The van der Waals surface area contributed by atoms with Gasteiger partial charge in [-0.3, -0.25) is 0 Å². The fourth-order valence-electron chi connectivity index (χ4n) is 1.57. The second kappa shape index (κ2) is 3.52. The Morgan fingerprint density at radius 3 is 2.54 bits per heavy atom. The zero-order valence-corrected chi connectivity index (χ0v) is 7.73. The van der Waals surface area contributed by atoms with Crippen LogP contribution in [-0.4, -0.2) is 20.2 Å². The molecule has 0 saturated carbocycles. The van der Waals surface area contributed by atoms with E-state index in [4.69, 9.17) is 4.74 Å². The number of anilines is 1. The molecule has 0 amide bonds. The van der Waals surface area contributed by atoms with E-state index in [2.05, 4.69) is 23.1 Å². The lowest BCUT2D eigenvalue weighted by Crippen LogP contribution is -2.18. The largest absolute Gasteiger partial charge is 0.495 e. The quantitative estimate of drug-likeness (QED) is 0.638. The topological polar surface area (TPSA) is 12.5 Å². The highest BCUT2D eigenvalue weighted by molar-refractivity contribution is 5.60. The van der Waals surface area contributed by atoms with E-state index in [1.165, 1.54) is 5.69 Å². The fourth-order valence-corrected chi connectivity index (χ4v) is 1.57. The van der Waals surface area contributed by atoms with Crippen molar-refractivity contribution in [2.75, 3.05) is 25.1 Å². The number of ether oxygens (including phenoxy) is 1. The number of hydrogen-bond acceptors (Lipinski definition) is 2. The zero-order chi connectivity index (χ0) is 9.10. The first-order valence-electron chi connectivity index (χ1n) is 4.45. The van der Waals surface area contributed by atoms with Gasteiger partial charge in [0.15, 0.2) is 0 Å². The molecule has 0 radical (unpaired) electrons. The Morgan fingerprint density at radius 2 is 1.85 bits per heavy atom. The normalized spacial score (nSPS) is 15.0. The van der Waals surface area contributed by atoms with Crippen LogP contribution in [-0.2, 0) is 0 Å². The van der Waals surface area contributed by atoms with Crippen molar-refractivity contribution in [3.05, 3.63) is 36.4 Å². The van der Waals surface area contributed by atoms with Crippen molar-refractivity contribution >= 4 is 5.69 Å². The summed E-state index contributed by atoms with van der Waals surface area (Å²) in [6, 6.07) is 8.11. The molecule has 0 fully saturated rings. The molecule has 2 rings (SSSR count). The number of para-hydroxylation sites is 2. The Kier molecular flexibility index (Phi) is 2.21. The molecule has 1 aromatic carbocycles. The van der Waals surface area contributed by atoms with Crippen LogP contribution in [0.5, 0.6) is 5.75 Å². The maximum atomic E-state index is 5.29. The van der Waals surface area contributed by atoms with Gasteiger partial charge >= 0.3 is 0 Å². The maximum absolute atomic E-state index is 5.29. The van der Waals surface area contributed by atoms with Crippen LogP contribution in [0.25, 0.3) is 0 Å². The van der Waals surface area contributed by atoms with Crippen LogP contribution in [0.3, 0.4) is 0 Å². The van der Waals surface area contributed by atoms with Gasteiger partial charge in [0, 0.05) is 13.1 Å². The molecule has 1 aromatic rings. The predicted molar refractivity (Wildman–Crippen MR) is 54.3 cm³/mol. The lowest BCUT2D eigenvalue weighted by molar-refractivity contribution is 0.415. The first kappa shape index (κ1) is 8.17. The SMILES string of the molecule is COc1ccccc1N1CC=CC1. The molecule has 2 nitrogen and oxygen atoms in total. The molecule has 1 aliphatic rings. The van der Waals surface area contributed by atoms with Crippen LogP contribution in [0.4, 0.5) is 5.69 Å². The summed E-state index contributed by atoms with van der Waals surface area (Å²) < 4.78 is 5.29. The van der Waals surface area contributed by atoms with Crippen molar-refractivity contribution in [2.24, 2.45) is 0 Å². The van der Waals surface area contributed by atoms with Gasteiger partial charge in [0.05, 0.1) is 12.8 Å². The van der Waals surface area contributed by atoms with Gasteiger partial charge in [-0.05, 0) is 12.1 Å². The summed E-state index contributed by atoms with van der Waals surface area (Å²) in [5.41, 5.74) is 1.18. The molecule has 0 aromatic heterocycles. The highest BCUT2D eigenvalue weighted by atomic mass is 16.5. The first-order valence-corrected chi connectivity index (χ1v) is 4.45. The second-order valence-electron chi connectivity index (χ2n) is 3.05.